The number of hydrogen-bond donors (Lipinski definition) is 3. The predicted octanol–water partition coefficient (Wildman–Crippen LogP) is 4.89. The highest BCUT2D eigenvalue weighted by Gasteiger charge is 2.39. The molecule has 1 saturated carbocycles. The third kappa shape index (κ3) is 9.63. The molecule has 192 valence electrons. The fourth-order valence-corrected chi connectivity index (χ4v) is 4.92. The summed E-state index contributed by atoms with van der Waals surface area (Å²) in [6.07, 6.45) is 7.08. The number of esters is 1. The van der Waals surface area contributed by atoms with Crippen LogP contribution in [0.4, 0.5) is 0 Å². The summed E-state index contributed by atoms with van der Waals surface area (Å²) in [7, 11) is 1.64. The van der Waals surface area contributed by atoms with E-state index in [1.165, 1.54) is 0 Å². The van der Waals surface area contributed by atoms with Crippen LogP contribution in [0.15, 0.2) is 29.4 Å². The van der Waals surface area contributed by atoms with E-state index in [4.69, 9.17) is 9.47 Å². The van der Waals surface area contributed by atoms with E-state index in [1.54, 1.807) is 7.11 Å². The molecule has 0 aliphatic heterocycles. The van der Waals surface area contributed by atoms with Crippen molar-refractivity contribution < 1.29 is 29.7 Å². The number of carbonyl (C=O) groups excluding carboxylic acids is 1. The van der Waals surface area contributed by atoms with Crippen LogP contribution in [-0.4, -0.2) is 52.5 Å². The van der Waals surface area contributed by atoms with Gasteiger partial charge in [-0.2, -0.15) is 0 Å². The van der Waals surface area contributed by atoms with Crippen molar-refractivity contribution in [1.82, 2.24) is 0 Å². The number of methoxy groups -OCH3 is 1. The number of rotatable bonds is 15. The molecule has 1 aliphatic carbocycles. The lowest BCUT2D eigenvalue weighted by Gasteiger charge is -2.23. The lowest BCUT2D eigenvalue weighted by atomic mass is 9.84. The van der Waals surface area contributed by atoms with Gasteiger partial charge in [-0.05, 0) is 76.0 Å². The molecule has 0 amide bonds. The maximum absolute atomic E-state index is 11.6. The van der Waals surface area contributed by atoms with Gasteiger partial charge >= 0.3 is 5.97 Å². The number of benzene rings is 1. The molecule has 1 aromatic rings. The molecule has 34 heavy (non-hydrogen) atoms. The first kappa shape index (κ1) is 28.1. The zero-order chi connectivity index (χ0) is 24.9. The van der Waals surface area contributed by atoms with E-state index in [9.17, 15) is 20.2 Å². The van der Waals surface area contributed by atoms with Gasteiger partial charge in [-0.3, -0.25) is 4.79 Å². The van der Waals surface area contributed by atoms with Crippen molar-refractivity contribution in [3.05, 3.63) is 29.8 Å². The molecular weight excluding hydrogens is 434 g/mol. The SMILES string of the molecule is COc1cccc(CC[C@H](O)CC[C@H]2/C(=N\O)C[C@H](O)[C@@H]2CCCCCCC(=O)OC(C)C)c1. The van der Waals surface area contributed by atoms with Crippen molar-refractivity contribution in [2.24, 2.45) is 17.0 Å². The summed E-state index contributed by atoms with van der Waals surface area (Å²) in [5.74, 6) is 0.707. The van der Waals surface area contributed by atoms with E-state index in [1.807, 2.05) is 38.1 Å². The van der Waals surface area contributed by atoms with Gasteiger partial charge in [-0.1, -0.05) is 36.6 Å². The van der Waals surface area contributed by atoms with Crippen molar-refractivity contribution in [2.45, 2.75) is 103 Å². The zero-order valence-corrected chi connectivity index (χ0v) is 21.0. The molecule has 4 atom stereocenters. The molecule has 0 saturated heterocycles. The molecule has 1 fully saturated rings. The molecule has 0 radical (unpaired) electrons. The normalized spacial score (nSPS) is 22.3. The van der Waals surface area contributed by atoms with E-state index in [0.29, 0.717) is 37.8 Å². The van der Waals surface area contributed by atoms with Gasteiger partial charge in [0, 0.05) is 18.8 Å². The Morgan fingerprint density at radius 1 is 1.15 bits per heavy atom. The van der Waals surface area contributed by atoms with Gasteiger partial charge in [0.25, 0.3) is 0 Å². The van der Waals surface area contributed by atoms with Crippen LogP contribution in [0.1, 0.15) is 83.6 Å². The van der Waals surface area contributed by atoms with E-state index in [2.05, 4.69) is 5.16 Å². The molecular formula is C27H43NO6. The number of aliphatic hydroxyl groups is 2. The fourth-order valence-electron chi connectivity index (χ4n) is 4.92. The average molecular weight is 478 g/mol. The van der Waals surface area contributed by atoms with Gasteiger partial charge in [-0.25, -0.2) is 0 Å². The molecule has 7 nitrogen and oxygen atoms in total. The second-order valence-electron chi connectivity index (χ2n) is 9.75. The maximum atomic E-state index is 11.6. The minimum absolute atomic E-state index is 0.00695. The highest BCUT2D eigenvalue weighted by Crippen LogP contribution is 2.37. The van der Waals surface area contributed by atoms with E-state index in [-0.39, 0.29) is 23.9 Å². The average Bonchev–Trinajstić information content (AvgIpc) is 3.12. The molecule has 7 heteroatoms. The Hall–Kier alpha value is -2.12. The number of aliphatic hydroxyl groups excluding tert-OH is 2. The molecule has 0 spiro atoms. The van der Waals surface area contributed by atoms with Crippen LogP contribution < -0.4 is 4.74 Å². The third-order valence-electron chi connectivity index (χ3n) is 6.73. The summed E-state index contributed by atoms with van der Waals surface area (Å²) < 4.78 is 10.4. The summed E-state index contributed by atoms with van der Waals surface area (Å²) >= 11 is 0. The first-order valence-electron chi connectivity index (χ1n) is 12.7. The van der Waals surface area contributed by atoms with Crippen molar-refractivity contribution >= 4 is 11.7 Å². The van der Waals surface area contributed by atoms with Gasteiger partial charge in [-0.15, -0.1) is 0 Å². The first-order valence-corrected chi connectivity index (χ1v) is 12.7. The maximum Gasteiger partial charge on any atom is 0.306 e. The van der Waals surface area contributed by atoms with Crippen LogP contribution >= 0.6 is 0 Å². The number of oxime groups is 1. The number of nitrogens with zero attached hydrogens (tertiary/aromatic N) is 1. The first-order chi connectivity index (χ1) is 16.3. The van der Waals surface area contributed by atoms with Crippen molar-refractivity contribution in [3.8, 4) is 5.75 Å². The van der Waals surface area contributed by atoms with Gasteiger partial charge < -0.3 is 24.9 Å². The number of unbranched alkanes of at least 4 members (excludes halogenated alkanes) is 3. The highest BCUT2D eigenvalue weighted by atomic mass is 16.5. The van der Waals surface area contributed by atoms with Gasteiger partial charge in [0.2, 0.25) is 0 Å². The summed E-state index contributed by atoms with van der Waals surface area (Å²) in [4.78, 5) is 11.6. The zero-order valence-electron chi connectivity index (χ0n) is 21.0. The van der Waals surface area contributed by atoms with Crippen LogP contribution in [-0.2, 0) is 16.0 Å². The molecule has 0 heterocycles. The van der Waals surface area contributed by atoms with Crippen molar-refractivity contribution in [2.75, 3.05) is 7.11 Å². The molecule has 0 aromatic heterocycles. The van der Waals surface area contributed by atoms with Gasteiger partial charge in [0.15, 0.2) is 0 Å². The molecule has 0 bridgehead atoms. The Labute approximate surface area is 204 Å². The standard InChI is InChI=1S/C27H43NO6/c1-19(2)34-27(31)12-7-5-4-6-11-24-23(25(28-32)18-26(24)30)16-15-21(29)14-13-20-9-8-10-22(17-20)33-3/h8-10,17,19,21,23-24,26,29-30,32H,4-7,11-16,18H2,1-3H3/b28-25-/t21-,23+,24+,26-/m0/s1. The van der Waals surface area contributed by atoms with Crippen LogP contribution in [0.2, 0.25) is 0 Å². The second-order valence-corrected chi connectivity index (χ2v) is 9.75. The number of ether oxygens (including phenoxy) is 2. The minimum Gasteiger partial charge on any atom is -0.497 e. The quantitative estimate of drug-likeness (QED) is 0.144. The number of hydrogen-bond acceptors (Lipinski definition) is 7. The Bertz CT molecular complexity index is 765. The lowest BCUT2D eigenvalue weighted by Crippen LogP contribution is -2.22. The number of carbonyl (C=O) groups is 1. The molecule has 1 aliphatic rings. The van der Waals surface area contributed by atoms with Crippen LogP contribution in [0.3, 0.4) is 0 Å². The van der Waals surface area contributed by atoms with E-state index < -0.39 is 12.2 Å². The van der Waals surface area contributed by atoms with E-state index >= 15 is 0 Å². The molecule has 0 unspecified atom stereocenters. The highest BCUT2D eigenvalue weighted by molar-refractivity contribution is 5.89. The fraction of sp³-hybridized carbons (Fsp3) is 0.704. The molecule has 1 aromatic carbocycles. The van der Waals surface area contributed by atoms with Crippen LogP contribution in [0, 0.1) is 11.8 Å². The summed E-state index contributed by atoms with van der Waals surface area (Å²) in [6.45, 7) is 3.70. The van der Waals surface area contributed by atoms with Crippen LogP contribution in [0.5, 0.6) is 5.75 Å². The van der Waals surface area contributed by atoms with E-state index in [0.717, 1.165) is 49.8 Å². The number of aryl methyl sites for hydroxylation is 1. The van der Waals surface area contributed by atoms with Crippen molar-refractivity contribution in [3.63, 3.8) is 0 Å². The molecule has 2 rings (SSSR count). The van der Waals surface area contributed by atoms with Gasteiger partial charge in [0.05, 0.1) is 31.1 Å². The minimum atomic E-state index is -0.508. The topological polar surface area (TPSA) is 109 Å². The second kappa shape index (κ2) is 15.0. The Balaban J connectivity index is 1.74. The largest absolute Gasteiger partial charge is 0.497 e. The predicted molar refractivity (Wildman–Crippen MR) is 132 cm³/mol. The lowest BCUT2D eigenvalue weighted by molar-refractivity contribution is -0.147. The Kier molecular flexibility index (Phi) is 12.4. The van der Waals surface area contributed by atoms with Crippen molar-refractivity contribution in [1.29, 1.82) is 0 Å². The van der Waals surface area contributed by atoms with Crippen LogP contribution in [0.25, 0.3) is 0 Å². The third-order valence-corrected chi connectivity index (χ3v) is 6.73. The Morgan fingerprint density at radius 2 is 1.91 bits per heavy atom. The summed E-state index contributed by atoms with van der Waals surface area (Å²) in [6, 6.07) is 7.87. The summed E-state index contributed by atoms with van der Waals surface area (Å²) in [5.41, 5.74) is 1.77. The monoisotopic (exact) mass is 477 g/mol. The Morgan fingerprint density at radius 3 is 2.62 bits per heavy atom. The van der Waals surface area contributed by atoms with Gasteiger partial charge in [0.1, 0.15) is 5.75 Å². The smallest absolute Gasteiger partial charge is 0.306 e. The summed E-state index contributed by atoms with van der Waals surface area (Å²) in [5, 5.41) is 34.0. The molecule has 3 N–H and O–H groups in total.